The number of rotatable bonds is 1. The summed E-state index contributed by atoms with van der Waals surface area (Å²) in [5, 5.41) is 12.1. The minimum Gasteiger partial charge on any atom is -0.497 e. The molecule has 2 rings (SSSR count). The highest BCUT2D eigenvalue weighted by Gasteiger charge is 2.17. The molecule has 1 heterocycles. The zero-order valence-corrected chi connectivity index (χ0v) is 8.08. The van der Waals surface area contributed by atoms with Gasteiger partial charge in [0.1, 0.15) is 5.75 Å². The predicted octanol–water partition coefficient (Wildman–Crippen LogP) is 1.80. The molecule has 0 aliphatic carbocycles. The van der Waals surface area contributed by atoms with Gasteiger partial charge < -0.3 is 10.1 Å². The molecule has 14 heavy (non-hydrogen) atoms. The van der Waals surface area contributed by atoms with E-state index in [4.69, 9.17) is 10.00 Å². The Morgan fingerprint density at radius 2 is 2.43 bits per heavy atom. The van der Waals surface area contributed by atoms with Gasteiger partial charge in [-0.2, -0.15) is 5.26 Å². The number of methoxy groups -OCH3 is 1. The third kappa shape index (κ3) is 1.51. The molecule has 1 aromatic carbocycles. The molecule has 0 aromatic heterocycles. The van der Waals surface area contributed by atoms with Crippen LogP contribution in [0.4, 0.5) is 5.69 Å². The molecular formula is C11H12N2O. The van der Waals surface area contributed by atoms with Gasteiger partial charge in [0, 0.05) is 12.2 Å². The molecule has 0 saturated carbocycles. The summed E-state index contributed by atoms with van der Waals surface area (Å²) in [4.78, 5) is 0. The maximum Gasteiger partial charge on any atom is 0.119 e. The Bertz CT molecular complexity index is 381. The minimum absolute atomic E-state index is 0.0783. The van der Waals surface area contributed by atoms with E-state index in [1.54, 1.807) is 7.11 Å². The van der Waals surface area contributed by atoms with Crippen LogP contribution in [0, 0.1) is 17.2 Å². The van der Waals surface area contributed by atoms with Gasteiger partial charge in [-0.05, 0) is 30.2 Å². The number of nitrogens with one attached hydrogen (secondary N) is 1. The number of fused-ring (bicyclic) bond motifs is 1. The van der Waals surface area contributed by atoms with Crippen molar-refractivity contribution in [1.82, 2.24) is 0 Å². The van der Waals surface area contributed by atoms with Gasteiger partial charge in [0.2, 0.25) is 0 Å². The lowest BCUT2D eigenvalue weighted by Crippen LogP contribution is -2.21. The fraction of sp³-hybridized carbons (Fsp3) is 0.364. The molecule has 0 amide bonds. The van der Waals surface area contributed by atoms with Crippen LogP contribution in [-0.4, -0.2) is 13.7 Å². The summed E-state index contributed by atoms with van der Waals surface area (Å²) in [5.74, 6) is 0.929. The zero-order chi connectivity index (χ0) is 9.97. The summed E-state index contributed by atoms with van der Waals surface area (Å²) >= 11 is 0. The maximum absolute atomic E-state index is 8.82. The summed E-state index contributed by atoms with van der Waals surface area (Å²) in [5.41, 5.74) is 2.29. The Morgan fingerprint density at radius 3 is 3.14 bits per heavy atom. The van der Waals surface area contributed by atoms with Crippen molar-refractivity contribution >= 4 is 5.69 Å². The summed E-state index contributed by atoms with van der Waals surface area (Å²) in [7, 11) is 1.65. The second-order valence-electron chi connectivity index (χ2n) is 3.43. The van der Waals surface area contributed by atoms with E-state index >= 15 is 0 Å². The molecule has 0 saturated heterocycles. The Balaban J connectivity index is 2.30. The molecule has 1 aromatic rings. The van der Waals surface area contributed by atoms with Gasteiger partial charge in [-0.3, -0.25) is 0 Å². The highest BCUT2D eigenvalue weighted by molar-refractivity contribution is 5.56. The smallest absolute Gasteiger partial charge is 0.119 e. The molecule has 3 nitrogen and oxygen atoms in total. The van der Waals surface area contributed by atoms with Crippen molar-refractivity contribution in [3.05, 3.63) is 23.8 Å². The van der Waals surface area contributed by atoms with Gasteiger partial charge in [0.25, 0.3) is 0 Å². The first-order chi connectivity index (χ1) is 6.83. The van der Waals surface area contributed by atoms with Crippen molar-refractivity contribution in [2.75, 3.05) is 19.0 Å². The number of hydrogen-bond donors (Lipinski definition) is 1. The van der Waals surface area contributed by atoms with Gasteiger partial charge >= 0.3 is 0 Å². The molecule has 0 fully saturated rings. The maximum atomic E-state index is 8.82. The SMILES string of the molecule is COc1ccc2c(c1)CC(C#N)CN2. The molecule has 1 unspecified atom stereocenters. The second kappa shape index (κ2) is 3.59. The number of nitrogens with zero attached hydrogens (tertiary/aromatic N) is 1. The number of anilines is 1. The Hall–Kier alpha value is -1.69. The molecule has 0 bridgehead atoms. The fourth-order valence-corrected chi connectivity index (χ4v) is 1.70. The quantitative estimate of drug-likeness (QED) is 0.731. The highest BCUT2D eigenvalue weighted by atomic mass is 16.5. The van der Waals surface area contributed by atoms with E-state index in [9.17, 15) is 0 Å². The molecule has 0 radical (unpaired) electrons. The molecule has 1 N–H and O–H groups in total. The lowest BCUT2D eigenvalue weighted by Gasteiger charge is -2.21. The molecule has 3 heteroatoms. The van der Waals surface area contributed by atoms with Crippen LogP contribution in [0.15, 0.2) is 18.2 Å². The van der Waals surface area contributed by atoms with Gasteiger partial charge in [-0.25, -0.2) is 0 Å². The van der Waals surface area contributed by atoms with Gasteiger partial charge in [-0.1, -0.05) is 0 Å². The van der Waals surface area contributed by atoms with Crippen molar-refractivity contribution in [2.45, 2.75) is 6.42 Å². The molecule has 1 aliphatic heterocycles. The number of ether oxygens (including phenoxy) is 1. The highest BCUT2D eigenvalue weighted by Crippen LogP contribution is 2.27. The van der Waals surface area contributed by atoms with Crippen molar-refractivity contribution in [3.63, 3.8) is 0 Å². The monoisotopic (exact) mass is 188 g/mol. The molecule has 72 valence electrons. The predicted molar refractivity (Wildman–Crippen MR) is 54.3 cm³/mol. The van der Waals surface area contributed by atoms with Crippen LogP contribution in [0.5, 0.6) is 5.75 Å². The van der Waals surface area contributed by atoms with E-state index in [2.05, 4.69) is 11.4 Å². The van der Waals surface area contributed by atoms with Crippen molar-refractivity contribution in [3.8, 4) is 11.8 Å². The van der Waals surface area contributed by atoms with E-state index in [0.717, 1.165) is 24.4 Å². The summed E-state index contributed by atoms with van der Waals surface area (Å²) in [6, 6.07) is 8.20. The van der Waals surface area contributed by atoms with E-state index < -0.39 is 0 Å². The molecule has 1 aliphatic rings. The van der Waals surface area contributed by atoms with Gasteiger partial charge in [-0.15, -0.1) is 0 Å². The molecule has 0 spiro atoms. The first-order valence-electron chi connectivity index (χ1n) is 4.64. The Kier molecular flexibility index (Phi) is 2.28. The fourth-order valence-electron chi connectivity index (χ4n) is 1.70. The van der Waals surface area contributed by atoms with Crippen molar-refractivity contribution in [1.29, 1.82) is 5.26 Å². The third-order valence-electron chi connectivity index (χ3n) is 2.50. The molecule has 1 atom stereocenters. The summed E-state index contributed by atoms with van der Waals surface area (Å²) in [6.45, 7) is 0.746. The van der Waals surface area contributed by atoms with Crippen LogP contribution in [0.2, 0.25) is 0 Å². The van der Waals surface area contributed by atoms with E-state index in [0.29, 0.717) is 0 Å². The minimum atomic E-state index is 0.0783. The Morgan fingerprint density at radius 1 is 1.57 bits per heavy atom. The third-order valence-corrected chi connectivity index (χ3v) is 2.50. The summed E-state index contributed by atoms with van der Waals surface area (Å²) < 4.78 is 5.14. The van der Waals surface area contributed by atoms with Gasteiger partial charge in [0.15, 0.2) is 0 Å². The number of nitriles is 1. The van der Waals surface area contributed by atoms with Crippen LogP contribution in [0.3, 0.4) is 0 Å². The number of hydrogen-bond acceptors (Lipinski definition) is 3. The van der Waals surface area contributed by atoms with Gasteiger partial charge in [0.05, 0.1) is 19.1 Å². The average Bonchev–Trinajstić information content (AvgIpc) is 2.27. The van der Waals surface area contributed by atoms with Crippen molar-refractivity contribution < 1.29 is 4.74 Å². The van der Waals surface area contributed by atoms with Crippen LogP contribution < -0.4 is 10.1 Å². The van der Waals surface area contributed by atoms with Crippen LogP contribution >= 0.6 is 0 Å². The lowest BCUT2D eigenvalue weighted by atomic mass is 9.95. The zero-order valence-electron chi connectivity index (χ0n) is 8.08. The lowest BCUT2D eigenvalue weighted by molar-refractivity contribution is 0.414. The van der Waals surface area contributed by atoms with Crippen LogP contribution in [0.25, 0.3) is 0 Å². The molecular weight excluding hydrogens is 176 g/mol. The van der Waals surface area contributed by atoms with E-state index in [1.165, 1.54) is 5.56 Å². The summed E-state index contributed by atoms with van der Waals surface area (Å²) in [6.07, 6.45) is 0.816. The standard InChI is InChI=1S/C11H12N2O/c1-14-10-2-3-11-9(5-10)4-8(6-12)7-13-11/h2-3,5,8,13H,4,7H2,1H3. The average molecular weight is 188 g/mol. The normalized spacial score (nSPS) is 19.0. The largest absolute Gasteiger partial charge is 0.497 e. The first-order valence-corrected chi connectivity index (χ1v) is 4.64. The first kappa shape index (κ1) is 8.89. The van der Waals surface area contributed by atoms with Crippen LogP contribution in [0.1, 0.15) is 5.56 Å². The van der Waals surface area contributed by atoms with E-state index in [1.807, 2.05) is 18.2 Å². The van der Waals surface area contributed by atoms with Crippen molar-refractivity contribution in [2.24, 2.45) is 5.92 Å². The Labute approximate surface area is 83.3 Å². The second-order valence-corrected chi connectivity index (χ2v) is 3.43. The van der Waals surface area contributed by atoms with Crippen LogP contribution in [-0.2, 0) is 6.42 Å². The van der Waals surface area contributed by atoms with E-state index in [-0.39, 0.29) is 5.92 Å². The number of benzene rings is 1. The topological polar surface area (TPSA) is 45.0 Å².